The molecule has 3 aromatic rings. The smallest absolute Gasteiger partial charge is 0.254 e. The van der Waals surface area contributed by atoms with E-state index in [-0.39, 0.29) is 5.56 Å². The fraction of sp³-hybridized carbons (Fsp3) is 0.273. The Bertz CT molecular complexity index is 1020. The minimum Gasteiger partial charge on any atom is -0.487 e. The predicted molar refractivity (Wildman–Crippen MR) is 110 cm³/mol. The minimum absolute atomic E-state index is 0.0683. The lowest BCUT2D eigenvalue weighted by Crippen LogP contribution is -2.24. The van der Waals surface area contributed by atoms with Gasteiger partial charge < -0.3 is 14.6 Å². The van der Waals surface area contributed by atoms with E-state index in [1.165, 1.54) is 22.8 Å². The molecule has 0 bridgehead atoms. The first-order chi connectivity index (χ1) is 13.7. The molecular formula is C22H22ClN3O2. The predicted octanol–water partition coefficient (Wildman–Crippen LogP) is 3.36. The first-order valence-electron chi connectivity index (χ1n) is 9.42. The SMILES string of the molecule is O=c1cc(OCc2ccc(Cl)cn2)ccn1CCc1ccc2c(c1)CNCC2. The first kappa shape index (κ1) is 18.7. The molecule has 0 spiro atoms. The first-order valence-corrected chi connectivity index (χ1v) is 9.80. The van der Waals surface area contributed by atoms with Gasteiger partial charge in [-0.15, -0.1) is 0 Å². The highest BCUT2D eigenvalue weighted by Gasteiger charge is 2.09. The lowest BCUT2D eigenvalue weighted by Gasteiger charge is -2.18. The van der Waals surface area contributed by atoms with Crippen molar-refractivity contribution in [1.29, 1.82) is 0 Å². The van der Waals surface area contributed by atoms with Crippen LogP contribution in [0, 0.1) is 0 Å². The van der Waals surface area contributed by atoms with E-state index < -0.39 is 0 Å². The van der Waals surface area contributed by atoms with Gasteiger partial charge in [0.25, 0.3) is 5.56 Å². The summed E-state index contributed by atoms with van der Waals surface area (Å²) in [7, 11) is 0. The number of nitrogens with zero attached hydrogens (tertiary/aromatic N) is 2. The number of pyridine rings is 2. The van der Waals surface area contributed by atoms with Crippen LogP contribution in [0.5, 0.6) is 5.75 Å². The van der Waals surface area contributed by atoms with Gasteiger partial charge in [-0.1, -0.05) is 29.8 Å². The monoisotopic (exact) mass is 395 g/mol. The Hall–Kier alpha value is -2.63. The highest BCUT2D eigenvalue weighted by molar-refractivity contribution is 6.30. The van der Waals surface area contributed by atoms with Crippen LogP contribution < -0.4 is 15.6 Å². The van der Waals surface area contributed by atoms with Gasteiger partial charge in [0.2, 0.25) is 0 Å². The van der Waals surface area contributed by atoms with Gasteiger partial charge in [0.15, 0.2) is 0 Å². The average molecular weight is 396 g/mol. The summed E-state index contributed by atoms with van der Waals surface area (Å²) in [6.07, 6.45) is 5.27. The Morgan fingerprint density at radius 2 is 2.07 bits per heavy atom. The number of benzene rings is 1. The quantitative estimate of drug-likeness (QED) is 0.695. The normalized spacial score (nSPS) is 13.2. The minimum atomic E-state index is -0.0683. The molecule has 0 unspecified atom stereocenters. The van der Waals surface area contributed by atoms with Crippen molar-refractivity contribution in [3.8, 4) is 5.75 Å². The van der Waals surface area contributed by atoms with Crippen molar-refractivity contribution >= 4 is 11.6 Å². The van der Waals surface area contributed by atoms with Crippen molar-refractivity contribution in [2.45, 2.75) is 32.5 Å². The van der Waals surface area contributed by atoms with Crippen LogP contribution in [0.2, 0.25) is 5.02 Å². The Labute approximate surface area is 169 Å². The van der Waals surface area contributed by atoms with Gasteiger partial charge in [-0.25, -0.2) is 0 Å². The van der Waals surface area contributed by atoms with Gasteiger partial charge >= 0.3 is 0 Å². The summed E-state index contributed by atoms with van der Waals surface area (Å²) in [5, 5.41) is 3.99. The van der Waals surface area contributed by atoms with Crippen LogP contribution in [0.25, 0.3) is 0 Å². The molecule has 6 heteroatoms. The maximum Gasteiger partial charge on any atom is 0.254 e. The van der Waals surface area contributed by atoms with Crippen LogP contribution in [0.4, 0.5) is 0 Å². The molecule has 1 N–H and O–H groups in total. The molecule has 0 saturated carbocycles. The second kappa shape index (κ2) is 8.59. The maximum absolute atomic E-state index is 12.4. The van der Waals surface area contributed by atoms with Gasteiger partial charge in [-0.05, 0) is 54.3 Å². The summed E-state index contributed by atoms with van der Waals surface area (Å²) in [5.41, 5.74) is 4.74. The molecular weight excluding hydrogens is 374 g/mol. The summed E-state index contributed by atoms with van der Waals surface area (Å²) >= 11 is 5.83. The molecule has 0 saturated heterocycles. The second-order valence-electron chi connectivity index (χ2n) is 6.93. The molecule has 3 heterocycles. The van der Waals surface area contributed by atoms with E-state index in [1.54, 1.807) is 29.1 Å². The van der Waals surface area contributed by atoms with E-state index in [9.17, 15) is 4.79 Å². The van der Waals surface area contributed by atoms with Crippen LogP contribution >= 0.6 is 11.6 Å². The van der Waals surface area contributed by atoms with E-state index in [0.29, 0.717) is 23.9 Å². The highest BCUT2D eigenvalue weighted by atomic mass is 35.5. The Morgan fingerprint density at radius 1 is 1.14 bits per heavy atom. The maximum atomic E-state index is 12.4. The van der Waals surface area contributed by atoms with Gasteiger partial charge in [-0.3, -0.25) is 9.78 Å². The highest BCUT2D eigenvalue weighted by Crippen LogP contribution is 2.17. The average Bonchev–Trinajstić information content (AvgIpc) is 2.72. The zero-order chi connectivity index (χ0) is 19.3. The molecule has 1 aliphatic rings. The Balaban J connectivity index is 1.36. The van der Waals surface area contributed by atoms with E-state index in [0.717, 1.165) is 31.6 Å². The summed E-state index contributed by atoms with van der Waals surface area (Å²) in [6.45, 7) is 2.91. The molecule has 144 valence electrons. The third kappa shape index (κ3) is 4.61. The number of ether oxygens (including phenoxy) is 1. The van der Waals surface area contributed by atoms with Crippen molar-refractivity contribution in [2.75, 3.05) is 6.54 Å². The number of fused-ring (bicyclic) bond motifs is 1. The topological polar surface area (TPSA) is 56.1 Å². The number of aryl methyl sites for hydroxylation is 2. The standard InChI is InChI=1S/C22H22ClN3O2/c23-19-3-4-20(25-14-19)15-28-21-7-10-26(22(27)12-21)9-6-16-1-2-17-5-8-24-13-18(17)11-16/h1-4,7,10-12,14,24H,5-6,8-9,13,15H2. The molecule has 0 radical (unpaired) electrons. The van der Waals surface area contributed by atoms with Crippen LogP contribution in [0.1, 0.15) is 22.4 Å². The number of halogens is 1. The van der Waals surface area contributed by atoms with E-state index in [1.807, 2.05) is 6.07 Å². The van der Waals surface area contributed by atoms with Gasteiger partial charge in [0.1, 0.15) is 12.4 Å². The third-order valence-electron chi connectivity index (χ3n) is 4.94. The molecule has 0 atom stereocenters. The summed E-state index contributed by atoms with van der Waals surface area (Å²) < 4.78 is 7.38. The van der Waals surface area contributed by atoms with Gasteiger partial charge in [0.05, 0.1) is 10.7 Å². The molecule has 0 fully saturated rings. The van der Waals surface area contributed by atoms with Gasteiger partial charge in [0, 0.05) is 31.5 Å². The van der Waals surface area contributed by atoms with Gasteiger partial charge in [-0.2, -0.15) is 0 Å². The van der Waals surface area contributed by atoms with Crippen molar-refractivity contribution in [3.63, 3.8) is 0 Å². The molecule has 1 aromatic carbocycles. The van der Waals surface area contributed by atoms with Crippen LogP contribution in [0.15, 0.2) is 59.7 Å². The van der Waals surface area contributed by atoms with Crippen LogP contribution in [-0.2, 0) is 32.5 Å². The number of aromatic nitrogens is 2. The lowest BCUT2D eigenvalue weighted by atomic mass is 9.97. The van der Waals surface area contributed by atoms with E-state index in [2.05, 4.69) is 28.5 Å². The van der Waals surface area contributed by atoms with E-state index in [4.69, 9.17) is 16.3 Å². The number of nitrogens with one attached hydrogen (secondary N) is 1. The summed E-state index contributed by atoms with van der Waals surface area (Å²) in [5.74, 6) is 0.540. The second-order valence-corrected chi connectivity index (χ2v) is 7.37. The molecule has 2 aromatic heterocycles. The number of hydrogen-bond donors (Lipinski definition) is 1. The lowest BCUT2D eigenvalue weighted by molar-refractivity contribution is 0.300. The largest absolute Gasteiger partial charge is 0.487 e. The molecule has 4 rings (SSSR count). The fourth-order valence-corrected chi connectivity index (χ4v) is 3.46. The molecule has 28 heavy (non-hydrogen) atoms. The molecule has 0 amide bonds. The van der Waals surface area contributed by atoms with Crippen LogP contribution in [-0.4, -0.2) is 16.1 Å². The fourth-order valence-electron chi connectivity index (χ4n) is 3.35. The number of rotatable bonds is 6. The van der Waals surface area contributed by atoms with Crippen molar-refractivity contribution in [2.24, 2.45) is 0 Å². The zero-order valence-corrected chi connectivity index (χ0v) is 16.3. The Kier molecular flexibility index (Phi) is 5.74. The van der Waals surface area contributed by atoms with Crippen molar-refractivity contribution in [3.05, 3.63) is 92.6 Å². The summed E-state index contributed by atoms with van der Waals surface area (Å²) in [4.78, 5) is 16.6. The summed E-state index contributed by atoms with van der Waals surface area (Å²) in [6, 6.07) is 13.5. The van der Waals surface area contributed by atoms with Crippen molar-refractivity contribution in [1.82, 2.24) is 14.9 Å². The Morgan fingerprint density at radius 3 is 2.89 bits per heavy atom. The van der Waals surface area contributed by atoms with E-state index >= 15 is 0 Å². The molecule has 0 aliphatic carbocycles. The number of hydrogen-bond acceptors (Lipinski definition) is 4. The zero-order valence-electron chi connectivity index (χ0n) is 15.5. The molecule has 5 nitrogen and oxygen atoms in total. The van der Waals surface area contributed by atoms with Crippen LogP contribution in [0.3, 0.4) is 0 Å². The van der Waals surface area contributed by atoms with Crippen molar-refractivity contribution < 1.29 is 4.74 Å². The third-order valence-corrected chi connectivity index (χ3v) is 5.17. The molecule has 1 aliphatic heterocycles.